The molecule has 0 aliphatic heterocycles. The predicted molar refractivity (Wildman–Crippen MR) is 277 cm³/mol. The number of benzene rings is 6. The quantitative estimate of drug-likeness (QED) is 0.0552. The van der Waals surface area contributed by atoms with Gasteiger partial charge in [0.05, 0.1) is 7.11 Å². The summed E-state index contributed by atoms with van der Waals surface area (Å²) in [6.45, 7) is 9.38. The highest BCUT2D eigenvalue weighted by Crippen LogP contribution is 2.58. The van der Waals surface area contributed by atoms with Crippen LogP contribution in [-0.4, -0.2) is 7.11 Å². The van der Waals surface area contributed by atoms with Crippen LogP contribution in [0.25, 0.3) is 55.6 Å². The third kappa shape index (κ3) is 9.29. The van der Waals surface area contributed by atoms with Crippen molar-refractivity contribution in [2.24, 2.45) is 0 Å². The first-order chi connectivity index (χ1) is 31.5. The fourth-order valence-corrected chi connectivity index (χ4v) is 11.9. The standard InChI is InChI=1S/C63H76O/c1-6-10-14-21-39-62(40-22-15-11-7-2)58-43-49(47-25-19-18-20-26-47)29-35-54(58)56-37-31-51(45-60(56)62)52-32-38-57-55-36-30-50(48-27-33-53(64-5)34-28-48)44-59(55)63(61(57)46-52,41-23-16-12-8-3)42-24-17-13-9-4/h18-20,25-38,43-46H,6-17,21-24,39-42H2,1-5H3. The minimum Gasteiger partial charge on any atom is -0.497 e. The number of hydrogen-bond acceptors (Lipinski definition) is 1. The number of ether oxygens (including phenoxy) is 1. The van der Waals surface area contributed by atoms with Gasteiger partial charge in [0, 0.05) is 10.8 Å². The molecule has 0 fully saturated rings. The zero-order valence-electron chi connectivity index (χ0n) is 40.2. The molecule has 6 aromatic carbocycles. The monoisotopic (exact) mass is 849 g/mol. The first-order valence-electron chi connectivity index (χ1n) is 25.8. The van der Waals surface area contributed by atoms with Gasteiger partial charge < -0.3 is 4.74 Å². The lowest BCUT2D eigenvalue weighted by Gasteiger charge is -2.34. The largest absolute Gasteiger partial charge is 0.497 e. The van der Waals surface area contributed by atoms with Crippen molar-refractivity contribution in [3.8, 4) is 61.4 Å². The van der Waals surface area contributed by atoms with Crippen molar-refractivity contribution >= 4 is 0 Å². The van der Waals surface area contributed by atoms with E-state index in [2.05, 4.69) is 155 Å². The molecule has 0 unspecified atom stereocenters. The first-order valence-corrected chi connectivity index (χ1v) is 25.8. The Morgan fingerprint density at radius 1 is 0.312 bits per heavy atom. The second kappa shape index (κ2) is 21.4. The van der Waals surface area contributed by atoms with Gasteiger partial charge in [-0.15, -0.1) is 0 Å². The summed E-state index contributed by atoms with van der Waals surface area (Å²) in [6.07, 6.45) is 25.4. The Hall–Kier alpha value is -4.88. The molecule has 2 aliphatic rings. The Balaban J connectivity index is 1.26. The summed E-state index contributed by atoms with van der Waals surface area (Å²) in [7, 11) is 1.75. The molecule has 64 heavy (non-hydrogen) atoms. The van der Waals surface area contributed by atoms with E-state index in [1.807, 2.05) is 0 Å². The number of methoxy groups -OCH3 is 1. The highest BCUT2D eigenvalue weighted by Gasteiger charge is 2.44. The van der Waals surface area contributed by atoms with Gasteiger partial charge in [-0.25, -0.2) is 0 Å². The summed E-state index contributed by atoms with van der Waals surface area (Å²) < 4.78 is 5.56. The molecule has 0 spiro atoms. The summed E-state index contributed by atoms with van der Waals surface area (Å²) >= 11 is 0. The van der Waals surface area contributed by atoms with E-state index < -0.39 is 0 Å². The van der Waals surface area contributed by atoms with Crippen LogP contribution in [0.5, 0.6) is 5.75 Å². The molecule has 0 heterocycles. The van der Waals surface area contributed by atoms with Crippen LogP contribution in [0.2, 0.25) is 0 Å². The lowest BCUT2D eigenvalue weighted by Crippen LogP contribution is -2.26. The number of rotatable bonds is 24. The van der Waals surface area contributed by atoms with Crippen LogP contribution >= 0.6 is 0 Å². The topological polar surface area (TPSA) is 9.23 Å². The van der Waals surface area contributed by atoms with Crippen LogP contribution in [-0.2, 0) is 10.8 Å². The van der Waals surface area contributed by atoms with Crippen LogP contribution < -0.4 is 4.74 Å². The Morgan fingerprint density at radius 2 is 0.609 bits per heavy atom. The van der Waals surface area contributed by atoms with E-state index in [1.54, 1.807) is 29.4 Å². The van der Waals surface area contributed by atoms with Gasteiger partial charge in [0.25, 0.3) is 0 Å². The Labute approximate surface area is 388 Å². The van der Waals surface area contributed by atoms with E-state index in [4.69, 9.17) is 4.74 Å². The second-order valence-electron chi connectivity index (χ2n) is 19.5. The third-order valence-corrected chi connectivity index (χ3v) is 15.4. The molecule has 0 atom stereocenters. The molecule has 6 aromatic rings. The van der Waals surface area contributed by atoms with Crippen LogP contribution in [0.1, 0.15) is 178 Å². The van der Waals surface area contributed by atoms with Gasteiger partial charge in [-0.05, 0) is 140 Å². The van der Waals surface area contributed by atoms with Crippen molar-refractivity contribution in [2.45, 2.75) is 167 Å². The average Bonchev–Trinajstić information content (AvgIpc) is 3.77. The van der Waals surface area contributed by atoms with Gasteiger partial charge >= 0.3 is 0 Å². The fraction of sp³-hybridized carbons (Fsp3) is 0.429. The average molecular weight is 849 g/mol. The summed E-state index contributed by atoms with van der Waals surface area (Å²) in [5.41, 5.74) is 20.1. The molecule has 0 radical (unpaired) electrons. The maximum atomic E-state index is 5.56. The van der Waals surface area contributed by atoms with E-state index in [0.717, 1.165) is 5.75 Å². The predicted octanol–water partition coefficient (Wildman–Crippen LogP) is 19.1. The molecule has 0 saturated carbocycles. The molecule has 0 amide bonds. The van der Waals surface area contributed by atoms with E-state index in [-0.39, 0.29) is 10.8 Å². The minimum absolute atomic E-state index is 0.00619. The lowest BCUT2D eigenvalue weighted by atomic mass is 9.69. The lowest BCUT2D eigenvalue weighted by molar-refractivity contribution is 0.401. The Bertz CT molecular complexity index is 2410. The highest BCUT2D eigenvalue weighted by atomic mass is 16.5. The van der Waals surface area contributed by atoms with Gasteiger partial charge in [-0.1, -0.05) is 221 Å². The Morgan fingerprint density at radius 3 is 0.922 bits per heavy atom. The van der Waals surface area contributed by atoms with Gasteiger partial charge in [0.15, 0.2) is 0 Å². The van der Waals surface area contributed by atoms with E-state index >= 15 is 0 Å². The van der Waals surface area contributed by atoms with Gasteiger partial charge in [0.2, 0.25) is 0 Å². The van der Waals surface area contributed by atoms with Crippen molar-refractivity contribution in [1.29, 1.82) is 0 Å². The molecule has 1 nitrogen and oxygen atoms in total. The molecule has 8 rings (SSSR count). The fourth-order valence-electron chi connectivity index (χ4n) is 11.9. The number of fused-ring (bicyclic) bond motifs is 6. The third-order valence-electron chi connectivity index (χ3n) is 15.4. The molecule has 0 N–H and O–H groups in total. The summed E-state index contributed by atoms with van der Waals surface area (Å²) in [4.78, 5) is 0. The molecular formula is C63H76O. The van der Waals surface area contributed by atoms with E-state index in [1.165, 1.54) is 184 Å². The van der Waals surface area contributed by atoms with Crippen molar-refractivity contribution < 1.29 is 4.74 Å². The summed E-state index contributed by atoms with van der Waals surface area (Å²) in [5, 5.41) is 0. The summed E-state index contributed by atoms with van der Waals surface area (Å²) in [5.74, 6) is 0.906. The van der Waals surface area contributed by atoms with Crippen LogP contribution in [0.15, 0.2) is 127 Å². The molecule has 334 valence electrons. The Kier molecular flexibility index (Phi) is 15.3. The molecule has 0 bridgehead atoms. The smallest absolute Gasteiger partial charge is 0.118 e. The van der Waals surface area contributed by atoms with Gasteiger partial charge in [-0.2, -0.15) is 0 Å². The van der Waals surface area contributed by atoms with E-state index in [0.29, 0.717) is 0 Å². The minimum atomic E-state index is -0.00619. The van der Waals surface area contributed by atoms with Crippen molar-refractivity contribution in [1.82, 2.24) is 0 Å². The maximum Gasteiger partial charge on any atom is 0.118 e. The molecular weight excluding hydrogens is 773 g/mol. The number of hydrogen-bond donors (Lipinski definition) is 0. The molecule has 1 heteroatoms. The van der Waals surface area contributed by atoms with Crippen LogP contribution in [0.4, 0.5) is 0 Å². The van der Waals surface area contributed by atoms with Gasteiger partial charge in [-0.3, -0.25) is 0 Å². The van der Waals surface area contributed by atoms with Crippen LogP contribution in [0, 0.1) is 0 Å². The molecule has 2 aliphatic carbocycles. The van der Waals surface area contributed by atoms with Crippen molar-refractivity contribution in [3.05, 3.63) is 150 Å². The molecule has 0 aromatic heterocycles. The normalized spacial score (nSPS) is 14.0. The van der Waals surface area contributed by atoms with Crippen molar-refractivity contribution in [2.75, 3.05) is 7.11 Å². The van der Waals surface area contributed by atoms with Crippen molar-refractivity contribution in [3.63, 3.8) is 0 Å². The number of unbranched alkanes of at least 4 members (excludes halogenated alkanes) is 12. The highest BCUT2D eigenvalue weighted by molar-refractivity contribution is 5.89. The molecule has 0 saturated heterocycles. The zero-order chi connectivity index (χ0) is 44.4. The van der Waals surface area contributed by atoms with Crippen LogP contribution in [0.3, 0.4) is 0 Å². The SMILES string of the molecule is CCCCCCC1(CCCCCC)c2cc(-c3ccccc3)ccc2-c2ccc(-c3ccc4c(c3)C(CCCCCC)(CCCCCC)c3cc(-c5ccc(OC)cc5)ccc3-4)cc21. The zero-order valence-corrected chi connectivity index (χ0v) is 40.2. The first kappa shape index (κ1) is 45.7. The van der Waals surface area contributed by atoms with Gasteiger partial charge in [0.1, 0.15) is 5.75 Å². The maximum absolute atomic E-state index is 5.56. The van der Waals surface area contributed by atoms with E-state index in [9.17, 15) is 0 Å². The second-order valence-corrected chi connectivity index (χ2v) is 19.5. The summed E-state index contributed by atoms with van der Waals surface area (Å²) in [6, 6.07) is 49.9.